The van der Waals surface area contributed by atoms with Gasteiger partial charge in [-0.05, 0) is 63.2 Å². The maximum atomic E-state index is 5.27. The van der Waals surface area contributed by atoms with Crippen molar-refractivity contribution < 1.29 is 0 Å². The molecular formula is C47H31IN4. The van der Waals surface area contributed by atoms with Crippen LogP contribution in [0.1, 0.15) is 16.7 Å². The standard InChI is InChI=1S/C47H31IN4/c1-4-17-32(18-5-1)45-48-46(50-47(49-45)33-19-6-2-7-20-33)34-21-16-24-36(31-34)51-40-28-13-10-25-37(40)43-38-26-11-14-29-41(38)52(35-22-8-3-9-23-35)44(43)39-27-12-15-30-42(39)51/h1-31H. The lowest BCUT2D eigenvalue weighted by atomic mass is 9.98. The smallest absolute Gasteiger partial charge is 0.161 e. The molecule has 0 atom stereocenters. The van der Waals surface area contributed by atoms with Crippen LogP contribution in [0, 0.1) is 0 Å². The molecule has 0 bridgehead atoms. The molecule has 0 aliphatic carbocycles. The Morgan fingerprint density at radius 3 is 1.79 bits per heavy atom. The lowest BCUT2D eigenvalue weighted by Gasteiger charge is -2.28. The van der Waals surface area contributed by atoms with Crippen LogP contribution in [-0.2, 0) is 0 Å². The zero-order chi connectivity index (χ0) is 34.4. The van der Waals surface area contributed by atoms with Gasteiger partial charge in [0, 0.05) is 50.1 Å². The molecule has 0 amide bonds. The van der Waals surface area contributed by atoms with Gasteiger partial charge in [0.1, 0.15) is 7.35 Å². The predicted molar refractivity (Wildman–Crippen MR) is 226 cm³/mol. The number of amidine groups is 1. The summed E-state index contributed by atoms with van der Waals surface area (Å²) in [6.45, 7) is 0. The monoisotopic (exact) mass is 778 g/mol. The number of aliphatic imine (C=N–C) groups is 2. The van der Waals surface area contributed by atoms with Crippen molar-refractivity contribution >= 4 is 61.9 Å². The van der Waals surface area contributed by atoms with Gasteiger partial charge in [-0.25, -0.2) is 9.98 Å². The van der Waals surface area contributed by atoms with Crippen molar-refractivity contribution in [3.05, 3.63) is 205 Å². The quantitative estimate of drug-likeness (QED) is 0.160. The molecule has 1 aromatic heterocycles. The third-order valence-corrected chi connectivity index (χ3v) is 12.4. The lowest BCUT2D eigenvalue weighted by molar-refractivity contribution is 1.13. The molecule has 5 heteroatoms. The van der Waals surface area contributed by atoms with Gasteiger partial charge in [-0.1, -0.05) is 146 Å². The molecule has 8 aromatic rings. The highest BCUT2D eigenvalue weighted by atomic mass is 127. The molecule has 0 saturated carbocycles. The maximum Gasteiger partial charge on any atom is 0.161 e. The van der Waals surface area contributed by atoms with Gasteiger partial charge < -0.3 is 9.47 Å². The molecule has 7 aromatic carbocycles. The average Bonchev–Trinajstić information content (AvgIpc) is 3.51. The molecule has 2 aliphatic heterocycles. The Kier molecular flexibility index (Phi) is 7.57. The second-order valence-electron chi connectivity index (χ2n) is 12.8. The van der Waals surface area contributed by atoms with Crippen LogP contribution >= 0.6 is 20.7 Å². The van der Waals surface area contributed by atoms with E-state index in [9.17, 15) is 0 Å². The minimum absolute atomic E-state index is 0.661. The van der Waals surface area contributed by atoms with Crippen LogP contribution in [0.4, 0.5) is 17.1 Å². The van der Waals surface area contributed by atoms with Crippen LogP contribution < -0.4 is 4.90 Å². The summed E-state index contributed by atoms with van der Waals surface area (Å²) in [5, 5.41) is 1.23. The molecule has 0 unspecified atom stereocenters. The maximum absolute atomic E-state index is 5.27. The largest absolute Gasteiger partial charge is 0.309 e. The van der Waals surface area contributed by atoms with E-state index in [1.54, 1.807) is 0 Å². The van der Waals surface area contributed by atoms with Crippen molar-refractivity contribution in [2.75, 3.05) is 4.90 Å². The topological polar surface area (TPSA) is 32.9 Å². The molecule has 4 nitrogen and oxygen atoms in total. The number of rotatable bonds is 5. The number of para-hydroxylation sites is 4. The van der Waals surface area contributed by atoms with E-state index < -0.39 is 20.7 Å². The van der Waals surface area contributed by atoms with E-state index in [0.29, 0.717) is 0 Å². The zero-order valence-corrected chi connectivity index (χ0v) is 30.2. The third kappa shape index (κ3) is 5.16. The summed E-state index contributed by atoms with van der Waals surface area (Å²) in [6.07, 6.45) is 0. The molecule has 10 rings (SSSR count). The highest BCUT2D eigenvalue weighted by molar-refractivity contribution is 14.2. The Balaban J connectivity index is 1.19. The zero-order valence-electron chi connectivity index (χ0n) is 28.1. The van der Waals surface area contributed by atoms with Gasteiger partial charge in [0.25, 0.3) is 0 Å². The summed E-state index contributed by atoms with van der Waals surface area (Å²) < 4.78 is 4.67. The van der Waals surface area contributed by atoms with Gasteiger partial charge in [0.2, 0.25) is 0 Å². The fourth-order valence-corrected chi connectivity index (χ4v) is 9.91. The van der Waals surface area contributed by atoms with Gasteiger partial charge in [-0.2, -0.15) is 0 Å². The highest BCUT2D eigenvalue weighted by Crippen LogP contribution is 2.54. The number of nitrogens with zero attached hydrogens (tertiary/aromatic N) is 4. The molecule has 0 N–H and O–H groups in total. The fraction of sp³-hybridized carbons (Fsp3) is 0. The number of aromatic nitrogens is 1. The van der Waals surface area contributed by atoms with Crippen molar-refractivity contribution in [2.24, 2.45) is 9.98 Å². The number of benzene rings is 7. The summed E-state index contributed by atoms with van der Waals surface area (Å²) in [7, 11) is 0. The Bertz CT molecular complexity index is 2690. The number of hydrogen-bond donors (Lipinski definition) is 0. The fourth-order valence-electron chi connectivity index (χ4n) is 7.41. The van der Waals surface area contributed by atoms with Crippen molar-refractivity contribution in [2.45, 2.75) is 0 Å². The van der Waals surface area contributed by atoms with Crippen LogP contribution in [0.25, 0.3) is 39.0 Å². The number of hydrogen-bond acceptors (Lipinski definition) is 3. The van der Waals surface area contributed by atoms with Crippen LogP contribution in [0.2, 0.25) is 0 Å². The third-order valence-electron chi connectivity index (χ3n) is 9.68. The SMILES string of the molecule is c1ccc(C2=NC(c3cccc(N4c5ccccc5-c5c(n(-c6ccccc6)c6ccccc56)-c5ccccc54)c3)=IC(c3ccccc3)=N2)cc1. The molecule has 3 heterocycles. The van der Waals surface area contributed by atoms with Gasteiger partial charge in [0.15, 0.2) is 5.84 Å². The van der Waals surface area contributed by atoms with Crippen molar-refractivity contribution in [1.29, 1.82) is 0 Å². The summed E-state index contributed by atoms with van der Waals surface area (Å²) in [4.78, 5) is 12.8. The first kappa shape index (κ1) is 30.6. The van der Waals surface area contributed by atoms with E-state index in [4.69, 9.17) is 9.98 Å². The molecule has 52 heavy (non-hydrogen) atoms. The van der Waals surface area contributed by atoms with Gasteiger partial charge >= 0.3 is 0 Å². The molecule has 0 saturated heterocycles. The second kappa shape index (κ2) is 12.9. The van der Waals surface area contributed by atoms with Crippen molar-refractivity contribution in [1.82, 2.24) is 4.57 Å². The van der Waals surface area contributed by atoms with E-state index in [-0.39, 0.29) is 0 Å². The van der Waals surface area contributed by atoms with Gasteiger partial charge in [-0.3, -0.25) is 0 Å². The Hall–Kier alpha value is -6.18. The summed E-state index contributed by atoms with van der Waals surface area (Å²) in [5.74, 6) is 0.761. The lowest BCUT2D eigenvalue weighted by Crippen LogP contribution is -2.13. The van der Waals surface area contributed by atoms with Crippen LogP contribution in [0.3, 0.4) is 0 Å². The first-order valence-electron chi connectivity index (χ1n) is 17.4. The highest BCUT2D eigenvalue weighted by Gasteiger charge is 2.31. The minimum atomic E-state index is -0.661. The molecule has 0 spiro atoms. The first-order valence-corrected chi connectivity index (χ1v) is 19.6. The average molecular weight is 779 g/mol. The first-order chi connectivity index (χ1) is 25.8. The summed E-state index contributed by atoms with van der Waals surface area (Å²) >= 11 is -0.661. The van der Waals surface area contributed by atoms with E-state index in [0.717, 1.165) is 52.6 Å². The number of fused-ring (bicyclic) bond motifs is 7. The second-order valence-corrected chi connectivity index (χ2v) is 15.4. The Morgan fingerprint density at radius 1 is 0.442 bits per heavy atom. The van der Waals surface area contributed by atoms with E-state index in [1.807, 2.05) is 6.07 Å². The normalized spacial score (nSPS) is 13.5. The Morgan fingerprint density at radius 2 is 1.02 bits per heavy atom. The Labute approximate surface area is 312 Å². The molecule has 246 valence electrons. The van der Waals surface area contributed by atoms with Crippen molar-refractivity contribution in [3.63, 3.8) is 0 Å². The summed E-state index contributed by atoms with van der Waals surface area (Å²) in [5.41, 5.74) is 13.8. The molecule has 0 fully saturated rings. The van der Waals surface area contributed by atoms with Gasteiger partial charge in [0.05, 0.1) is 22.6 Å². The molecule has 2 aliphatic rings. The van der Waals surface area contributed by atoms with E-state index in [2.05, 4.69) is 191 Å². The number of halogens is 1. The van der Waals surface area contributed by atoms with E-state index >= 15 is 0 Å². The van der Waals surface area contributed by atoms with Gasteiger partial charge in [-0.15, -0.1) is 0 Å². The van der Waals surface area contributed by atoms with E-state index in [1.165, 1.54) is 33.3 Å². The summed E-state index contributed by atoms with van der Waals surface area (Å²) in [6, 6.07) is 67.1. The molecule has 0 radical (unpaired) electrons. The number of anilines is 3. The predicted octanol–water partition coefficient (Wildman–Crippen LogP) is 12.1. The minimum Gasteiger partial charge on any atom is -0.309 e. The van der Waals surface area contributed by atoms with Crippen LogP contribution in [0.5, 0.6) is 0 Å². The molecular weight excluding hydrogens is 747 g/mol. The van der Waals surface area contributed by atoms with Crippen LogP contribution in [0.15, 0.2) is 198 Å². The van der Waals surface area contributed by atoms with Crippen molar-refractivity contribution in [3.8, 4) is 28.1 Å². The van der Waals surface area contributed by atoms with Crippen LogP contribution in [-0.4, -0.2) is 17.8 Å².